The second-order valence-electron chi connectivity index (χ2n) is 9.43. The number of hydrogen-bond donors (Lipinski definition) is 2. The molecule has 0 radical (unpaired) electrons. The number of rotatable bonds is 5. The minimum Gasteiger partial charge on any atom is -0.443 e. The summed E-state index contributed by atoms with van der Waals surface area (Å²) in [6.07, 6.45) is 5.86. The van der Waals surface area contributed by atoms with Crippen molar-refractivity contribution in [1.82, 2.24) is 14.5 Å². The molecule has 0 aliphatic carbocycles. The molecular weight excluding hydrogens is 444 g/mol. The molecule has 8 nitrogen and oxygen atoms in total. The van der Waals surface area contributed by atoms with Crippen LogP contribution in [0.5, 0.6) is 0 Å². The fourth-order valence-electron chi connectivity index (χ4n) is 5.62. The Balaban J connectivity index is 1.50. The molecule has 178 valence electrons. The molecule has 2 aromatic heterocycles. The summed E-state index contributed by atoms with van der Waals surface area (Å²) in [6, 6.07) is 13.0. The standard InChI is InChI=1S/C27H26N4O4/c1-15(28)27(34)35-14-31-25(32)22(19-12-29-21-10-3-2-8-17(19)21)23(26(31)33)20-13-30-11-5-7-16-6-4-9-18(20)24(16)30/h2-4,6,8-10,12-13,15,22-23,29H,5,7,11,14,28H2,1H3. The number of hydrogen-bond acceptors (Lipinski definition) is 5. The minimum atomic E-state index is -0.846. The van der Waals surface area contributed by atoms with Gasteiger partial charge in [-0.25, -0.2) is 4.90 Å². The van der Waals surface area contributed by atoms with Gasteiger partial charge >= 0.3 is 5.97 Å². The SMILES string of the molecule is CC(N)C(=O)OCN1C(=O)C(c2c[nH]c3ccccc23)C(c2cn3c4c(cccc24)CCC3)C1=O. The van der Waals surface area contributed by atoms with Crippen LogP contribution in [0.15, 0.2) is 54.9 Å². The number of nitrogens with one attached hydrogen (secondary N) is 1. The normalized spacial score (nSPS) is 20.7. The van der Waals surface area contributed by atoms with Crippen molar-refractivity contribution >= 4 is 39.6 Å². The van der Waals surface area contributed by atoms with E-state index in [0.717, 1.165) is 57.2 Å². The van der Waals surface area contributed by atoms with Gasteiger partial charge in [-0.1, -0.05) is 36.4 Å². The van der Waals surface area contributed by atoms with Gasteiger partial charge in [-0.05, 0) is 42.5 Å². The summed E-state index contributed by atoms with van der Waals surface area (Å²) in [5, 5.41) is 1.89. The Kier molecular flexibility index (Phi) is 5.00. The quantitative estimate of drug-likeness (QED) is 0.344. The predicted molar refractivity (Wildman–Crippen MR) is 131 cm³/mol. The number of benzene rings is 2. The van der Waals surface area contributed by atoms with Gasteiger partial charge in [-0.2, -0.15) is 0 Å². The van der Waals surface area contributed by atoms with Crippen molar-refractivity contribution in [1.29, 1.82) is 0 Å². The molecular formula is C27H26N4O4. The molecule has 2 aromatic carbocycles. The third-order valence-corrected chi connectivity index (χ3v) is 7.25. The number of nitrogens with zero attached hydrogens (tertiary/aromatic N) is 2. The number of likely N-dealkylation sites (tertiary alicyclic amines) is 1. The van der Waals surface area contributed by atoms with E-state index in [9.17, 15) is 14.4 Å². The predicted octanol–water partition coefficient (Wildman–Crippen LogP) is 3.15. The molecule has 2 aliphatic heterocycles. The number of aromatic nitrogens is 2. The zero-order chi connectivity index (χ0) is 24.3. The Morgan fingerprint density at radius 2 is 1.83 bits per heavy atom. The number of carbonyl (C=O) groups excluding carboxylic acids is 3. The van der Waals surface area contributed by atoms with E-state index in [1.165, 1.54) is 12.5 Å². The Morgan fingerprint density at radius 1 is 1.09 bits per heavy atom. The average molecular weight is 471 g/mol. The molecule has 1 fully saturated rings. The number of carbonyl (C=O) groups is 3. The van der Waals surface area contributed by atoms with E-state index in [-0.39, 0.29) is 11.8 Å². The highest BCUT2D eigenvalue weighted by Crippen LogP contribution is 2.47. The van der Waals surface area contributed by atoms with Crippen molar-refractivity contribution in [2.24, 2.45) is 5.73 Å². The van der Waals surface area contributed by atoms with E-state index < -0.39 is 30.6 Å². The fraction of sp³-hybridized carbons (Fsp3) is 0.296. The van der Waals surface area contributed by atoms with Crippen LogP contribution in [-0.2, 0) is 32.1 Å². The number of esters is 1. The van der Waals surface area contributed by atoms with Gasteiger partial charge in [0.25, 0.3) is 0 Å². The van der Waals surface area contributed by atoms with Gasteiger partial charge in [0, 0.05) is 35.2 Å². The molecule has 0 spiro atoms. The first-order chi connectivity index (χ1) is 17.0. The van der Waals surface area contributed by atoms with Crippen molar-refractivity contribution in [3.05, 3.63) is 71.5 Å². The molecule has 2 aliphatic rings. The van der Waals surface area contributed by atoms with Gasteiger partial charge in [-0.15, -0.1) is 0 Å². The maximum absolute atomic E-state index is 13.8. The molecule has 8 heteroatoms. The number of H-pyrrole nitrogens is 1. The molecule has 35 heavy (non-hydrogen) atoms. The Bertz CT molecular complexity index is 1500. The zero-order valence-electron chi connectivity index (χ0n) is 19.4. The lowest BCUT2D eigenvalue weighted by Gasteiger charge is -2.15. The number of nitrogens with two attached hydrogens (primary N) is 1. The smallest absolute Gasteiger partial charge is 0.324 e. The number of aromatic amines is 1. The number of para-hydroxylation sites is 2. The highest BCUT2D eigenvalue weighted by atomic mass is 16.5. The van der Waals surface area contributed by atoms with Crippen LogP contribution in [0.3, 0.4) is 0 Å². The lowest BCUT2D eigenvalue weighted by Crippen LogP contribution is -2.37. The van der Waals surface area contributed by atoms with E-state index in [0.29, 0.717) is 0 Å². The first kappa shape index (κ1) is 21.6. The number of ether oxygens (including phenoxy) is 1. The van der Waals surface area contributed by atoms with E-state index in [1.54, 1.807) is 0 Å². The van der Waals surface area contributed by atoms with Crippen molar-refractivity contribution in [2.75, 3.05) is 6.73 Å². The number of imide groups is 1. The summed E-state index contributed by atoms with van der Waals surface area (Å²) in [6.45, 7) is 1.93. The molecule has 3 unspecified atom stereocenters. The molecule has 0 saturated carbocycles. The summed E-state index contributed by atoms with van der Waals surface area (Å²) in [7, 11) is 0. The van der Waals surface area contributed by atoms with Crippen LogP contribution in [-0.4, -0.2) is 45.0 Å². The summed E-state index contributed by atoms with van der Waals surface area (Å²) >= 11 is 0. The Labute approximate surface area is 201 Å². The van der Waals surface area contributed by atoms with Crippen LogP contribution in [0, 0.1) is 0 Å². The van der Waals surface area contributed by atoms with E-state index in [1.807, 2.05) is 48.8 Å². The number of aryl methyl sites for hydroxylation is 2. The van der Waals surface area contributed by atoms with Gasteiger partial charge in [-0.3, -0.25) is 14.4 Å². The lowest BCUT2D eigenvalue weighted by atomic mass is 9.83. The summed E-state index contributed by atoms with van der Waals surface area (Å²) in [5.41, 5.74) is 10.5. The summed E-state index contributed by atoms with van der Waals surface area (Å²) in [4.78, 5) is 43.9. The summed E-state index contributed by atoms with van der Waals surface area (Å²) in [5.74, 6) is -2.88. The number of amides is 2. The van der Waals surface area contributed by atoms with Gasteiger partial charge in [0.1, 0.15) is 6.04 Å². The third-order valence-electron chi connectivity index (χ3n) is 7.25. The maximum atomic E-state index is 13.8. The Morgan fingerprint density at radius 3 is 2.63 bits per heavy atom. The van der Waals surface area contributed by atoms with Crippen molar-refractivity contribution in [2.45, 2.75) is 44.2 Å². The second-order valence-corrected chi connectivity index (χ2v) is 9.43. The molecule has 3 N–H and O–H groups in total. The summed E-state index contributed by atoms with van der Waals surface area (Å²) < 4.78 is 7.42. The number of fused-ring (bicyclic) bond motifs is 1. The van der Waals surface area contributed by atoms with Crippen molar-refractivity contribution in [3.8, 4) is 0 Å². The second kappa shape index (κ2) is 8.09. The third kappa shape index (κ3) is 3.28. The highest BCUT2D eigenvalue weighted by molar-refractivity contribution is 6.13. The molecule has 1 saturated heterocycles. The van der Waals surface area contributed by atoms with Crippen LogP contribution < -0.4 is 5.73 Å². The van der Waals surface area contributed by atoms with Crippen LogP contribution in [0.4, 0.5) is 0 Å². The van der Waals surface area contributed by atoms with Gasteiger partial charge in [0.2, 0.25) is 11.8 Å². The topological polar surface area (TPSA) is 110 Å². The molecule has 4 heterocycles. The first-order valence-corrected chi connectivity index (χ1v) is 11.9. The molecule has 3 atom stereocenters. The fourth-order valence-corrected chi connectivity index (χ4v) is 5.62. The largest absolute Gasteiger partial charge is 0.443 e. The van der Waals surface area contributed by atoms with Gasteiger partial charge < -0.3 is 20.0 Å². The molecule has 4 aromatic rings. The van der Waals surface area contributed by atoms with E-state index in [4.69, 9.17) is 10.5 Å². The lowest BCUT2D eigenvalue weighted by molar-refractivity contribution is -0.156. The maximum Gasteiger partial charge on any atom is 0.324 e. The van der Waals surface area contributed by atoms with Gasteiger partial charge in [0.05, 0.1) is 17.4 Å². The molecule has 2 amide bonds. The van der Waals surface area contributed by atoms with Crippen LogP contribution in [0.1, 0.15) is 41.9 Å². The van der Waals surface area contributed by atoms with E-state index in [2.05, 4.69) is 15.6 Å². The Hall–Kier alpha value is -3.91. The van der Waals surface area contributed by atoms with Gasteiger partial charge in [0.15, 0.2) is 6.73 Å². The minimum absolute atomic E-state index is 0.369. The average Bonchev–Trinajstić information content (AvgIpc) is 3.51. The van der Waals surface area contributed by atoms with Crippen LogP contribution in [0.2, 0.25) is 0 Å². The van der Waals surface area contributed by atoms with Crippen LogP contribution in [0.25, 0.3) is 21.8 Å². The van der Waals surface area contributed by atoms with Crippen LogP contribution >= 0.6 is 0 Å². The molecule has 0 bridgehead atoms. The van der Waals surface area contributed by atoms with Crippen molar-refractivity contribution in [3.63, 3.8) is 0 Å². The zero-order valence-corrected chi connectivity index (χ0v) is 19.4. The monoisotopic (exact) mass is 470 g/mol. The first-order valence-electron chi connectivity index (χ1n) is 11.9. The molecule has 6 rings (SSSR count). The van der Waals surface area contributed by atoms with E-state index >= 15 is 0 Å². The van der Waals surface area contributed by atoms with Crippen molar-refractivity contribution < 1.29 is 19.1 Å². The highest BCUT2D eigenvalue weighted by Gasteiger charge is 2.51.